The van der Waals surface area contributed by atoms with Crippen molar-refractivity contribution in [1.82, 2.24) is 15.1 Å². The van der Waals surface area contributed by atoms with E-state index < -0.39 is 12.0 Å². The SMILES string of the molecule is CC1OCCC1C(=O)NC(C(=O)O)c1cnn(C)c1. The molecule has 1 aromatic rings. The van der Waals surface area contributed by atoms with Crippen molar-refractivity contribution < 1.29 is 19.4 Å². The number of hydrogen-bond donors (Lipinski definition) is 2. The summed E-state index contributed by atoms with van der Waals surface area (Å²) in [6.45, 7) is 2.35. The van der Waals surface area contributed by atoms with E-state index in [1.165, 1.54) is 10.9 Å². The van der Waals surface area contributed by atoms with Gasteiger partial charge in [0.1, 0.15) is 0 Å². The predicted molar refractivity (Wildman–Crippen MR) is 65.2 cm³/mol. The van der Waals surface area contributed by atoms with Gasteiger partial charge in [0.15, 0.2) is 6.04 Å². The summed E-state index contributed by atoms with van der Waals surface area (Å²) in [5, 5.41) is 15.7. The van der Waals surface area contributed by atoms with Crippen LogP contribution in [0.1, 0.15) is 24.9 Å². The molecule has 0 aromatic carbocycles. The molecular weight excluding hydrogens is 250 g/mol. The number of nitrogens with zero attached hydrogens (tertiary/aromatic N) is 2. The van der Waals surface area contributed by atoms with Crippen LogP contribution in [0.15, 0.2) is 12.4 Å². The van der Waals surface area contributed by atoms with E-state index in [2.05, 4.69) is 10.4 Å². The fraction of sp³-hybridized carbons (Fsp3) is 0.583. The van der Waals surface area contributed by atoms with E-state index in [1.807, 2.05) is 6.92 Å². The molecule has 1 saturated heterocycles. The van der Waals surface area contributed by atoms with Crippen LogP contribution in [0.2, 0.25) is 0 Å². The van der Waals surface area contributed by atoms with E-state index in [1.54, 1.807) is 13.2 Å². The van der Waals surface area contributed by atoms with Gasteiger partial charge >= 0.3 is 5.97 Å². The highest BCUT2D eigenvalue weighted by atomic mass is 16.5. The quantitative estimate of drug-likeness (QED) is 0.806. The zero-order valence-electron chi connectivity index (χ0n) is 10.9. The largest absolute Gasteiger partial charge is 0.479 e. The van der Waals surface area contributed by atoms with Crippen LogP contribution in [0.4, 0.5) is 0 Å². The van der Waals surface area contributed by atoms with Gasteiger partial charge in [0, 0.05) is 25.4 Å². The van der Waals surface area contributed by atoms with E-state index in [4.69, 9.17) is 4.74 Å². The second kappa shape index (κ2) is 5.40. The Morgan fingerprint density at radius 2 is 2.37 bits per heavy atom. The van der Waals surface area contributed by atoms with E-state index >= 15 is 0 Å². The van der Waals surface area contributed by atoms with Crippen LogP contribution in [0, 0.1) is 5.92 Å². The van der Waals surface area contributed by atoms with Crippen LogP contribution in [-0.2, 0) is 21.4 Å². The number of nitrogens with one attached hydrogen (secondary N) is 1. The number of carbonyl (C=O) groups is 2. The Hall–Kier alpha value is -1.89. The molecule has 1 amide bonds. The summed E-state index contributed by atoms with van der Waals surface area (Å²) in [6, 6.07) is -1.08. The van der Waals surface area contributed by atoms with Crippen molar-refractivity contribution in [3.05, 3.63) is 18.0 Å². The first-order chi connectivity index (χ1) is 8.99. The number of hydrogen-bond acceptors (Lipinski definition) is 4. The summed E-state index contributed by atoms with van der Waals surface area (Å²) in [5.41, 5.74) is 0.454. The molecule has 0 radical (unpaired) electrons. The van der Waals surface area contributed by atoms with Crippen LogP contribution in [0.5, 0.6) is 0 Å². The minimum absolute atomic E-state index is 0.177. The monoisotopic (exact) mass is 267 g/mol. The lowest BCUT2D eigenvalue weighted by Crippen LogP contribution is -2.39. The lowest BCUT2D eigenvalue weighted by molar-refractivity contribution is -0.143. The van der Waals surface area contributed by atoms with Crippen molar-refractivity contribution in [2.45, 2.75) is 25.5 Å². The summed E-state index contributed by atoms with van der Waals surface area (Å²) in [6.07, 6.45) is 3.46. The topological polar surface area (TPSA) is 93.4 Å². The van der Waals surface area contributed by atoms with Gasteiger partial charge in [0.05, 0.1) is 18.2 Å². The van der Waals surface area contributed by atoms with Gasteiger partial charge in [-0.15, -0.1) is 0 Å². The Kier molecular flexibility index (Phi) is 3.84. The zero-order chi connectivity index (χ0) is 14.0. The van der Waals surface area contributed by atoms with Crippen LogP contribution < -0.4 is 5.32 Å². The second-order valence-electron chi connectivity index (χ2n) is 4.70. The molecule has 0 spiro atoms. The minimum Gasteiger partial charge on any atom is -0.479 e. The lowest BCUT2D eigenvalue weighted by Gasteiger charge is -2.18. The number of rotatable bonds is 4. The fourth-order valence-electron chi connectivity index (χ4n) is 2.20. The number of aromatic nitrogens is 2. The summed E-state index contributed by atoms with van der Waals surface area (Å²) in [4.78, 5) is 23.3. The highest BCUT2D eigenvalue weighted by Gasteiger charge is 2.33. The van der Waals surface area contributed by atoms with Gasteiger partial charge in [-0.1, -0.05) is 0 Å². The highest BCUT2D eigenvalue weighted by molar-refractivity contribution is 5.86. The number of carboxylic acids is 1. The Morgan fingerprint density at radius 1 is 1.63 bits per heavy atom. The van der Waals surface area contributed by atoms with Crippen molar-refractivity contribution in [2.75, 3.05) is 6.61 Å². The first-order valence-corrected chi connectivity index (χ1v) is 6.12. The van der Waals surface area contributed by atoms with Gasteiger partial charge in [-0.2, -0.15) is 5.10 Å². The number of aryl methyl sites for hydroxylation is 1. The van der Waals surface area contributed by atoms with E-state index in [-0.39, 0.29) is 17.9 Å². The van der Waals surface area contributed by atoms with E-state index in [0.717, 1.165) is 0 Å². The molecule has 2 heterocycles. The first-order valence-electron chi connectivity index (χ1n) is 6.12. The third kappa shape index (κ3) is 2.93. The van der Waals surface area contributed by atoms with Crippen LogP contribution in [-0.4, -0.2) is 39.5 Å². The third-order valence-electron chi connectivity index (χ3n) is 3.30. The molecule has 0 bridgehead atoms. The molecule has 3 unspecified atom stereocenters. The summed E-state index contributed by atoms with van der Waals surface area (Å²) < 4.78 is 6.81. The lowest BCUT2D eigenvalue weighted by atomic mass is 10.0. The van der Waals surface area contributed by atoms with Gasteiger partial charge in [-0.05, 0) is 13.3 Å². The average Bonchev–Trinajstić information content (AvgIpc) is 2.94. The summed E-state index contributed by atoms with van der Waals surface area (Å²) >= 11 is 0. The first kappa shape index (κ1) is 13.5. The van der Waals surface area contributed by atoms with Gasteiger partial charge in [0.2, 0.25) is 5.91 Å². The normalized spacial score (nSPS) is 24.1. The number of aliphatic carboxylic acids is 1. The van der Waals surface area contributed by atoms with Crippen molar-refractivity contribution in [1.29, 1.82) is 0 Å². The highest BCUT2D eigenvalue weighted by Crippen LogP contribution is 2.22. The van der Waals surface area contributed by atoms with E-state index in [0.29, 0.717) is 18.6 Å². The summed E-state index contributed by atoms with van der Waals surface area (Å²) in [7, 11) is 1.69. The number of carbonyl (C=O) groups excluding carboxylic acids is 1. The van der Waals surface area contributed by atoms with E-state index in [9.17, 15) is 14.7 Å². The maximum absolute atomic E-state index is 12.1. The maximum Gasteiger partial charge on any atom is 0.331 e. The molecule has 2 N–H and O–H groups in total. The molecule has 7 nitrogen and oxygen atoms in total. The van der Waals surface area contributed by atoms with Crippen molar-refractivity contribution in [3.63, 3.8) is 0 Å². The zero-order valence-corrected chi connectivity index (χ0v) is 10.9. The van der Waals surface area contributed by atoms with Gasteiger partial charge < -0.3 is 15.2 Å². The summed E-state index contributed by atoms with van der Waals surface area (Å²) in [5.74, 6) is -1.69. The van der Waals surface area contributed by atoms with Crippen LogP contribution in [0.3, 0.4) is 0 Å². The number of carboxylic acid groups (broad SMARTS) is 1. The second-order valence-corrected chi connectivity index (χ2v) is 4.70. The maximum atomic E-state index is 12.1. The van der Waals surface area contributed by atoms with Gasteiger partial charge in [0.25, 0.3) is 0 Å². The molecule has 104 valence electrons. The molecule has 0 aliphatic carbocycles. The molecular formula is C12H17N3O4. The van der Waals surface area contributed by atoms with Gasteiger partial charge in [-0.25, -0.2) is 4.79 Å². The molecule has 1 aromatic heterocycles. The molecule has 0 saturated carbocycles. The number of amides is 1. The smallest absolute Gasteiger partial charge is 0.331 e. The molecule has 7 heteroatoms. The molecule has 1 aliphatic heterocycles. The van der Waals surface area contributed by atoms with Crippen LogP contribution in [0.25, 0.3) is 0 Å². The molecule has 1 fully saturated rings. The average molecular weight is 267 g/mol. The predicted octanol–water partition coefficient (Wildman–Crippen LogP) is 0.0870. The standard InChI is InChI=1S/C12H17N3O4/c1-7-9(3-4-19-7)11(16)14-10(12(17)18)8-5-13-15(2)6-8/h5-7,9-10H,3-4H2,1-2H3,(H,14,16)(H,17,18). The molecule has 2 rings (SSSR count). The van der Waals surface area contributed by atoms with Gasteiger partial charge in [-0.3, -0.25) is 9.48 Å². The number of ether oxygens (including phenoxy) is 1. The minimum atomic E-state index is -1.10. The molecule has 19 heavy (non-hydrogen) atoms. The Balaban J connectivity index is 2.09. The van der Waals surface area contributed by atoms with Crippen molar-refractivity contribution in [3.8, 4) is 0 Å². The Morgan fingerprint density at radius 3 is 2.84 bits per heavy atom. The Labute approximate surface area is 110 Å². The van der Waals surface area contributed by atoms with Crippen LogP contribution >= 0.6 is 0 Å². The molecule has 3 atom stereocenters. The fourth-order valence-corrected chi connectivity index (χ4v) is 2.20. The Bertz CT molecular complexity index is 485. The molecule has 1 aliphatic rings. The van der Waals surface area contributed by atoms with Crippen molar-refractivity contribution >= 4 is 11.9 Å². The van der Waals surface area contributed by atoms with Crippen molar-refractivity contribution in [2.24, 2.45) is 13.0 Å². The third-order valence-corrected chi connectivity index (χ3v) is 3.30.